The molecule has 0 saturated heterocycles. The van der Waals surface area contributed by atoms with Crippen LogP contribution in [0.4, 0.5) is 5.69 Å². The number of halogens is 2. The van der Waals surface area contributed by atoms with E-state index in [4.69, 9.17) is 32.7 Å². The third-order valence-corrected chi connectivity index (χ3v) is 10.2. The number of amides is 2. The largest absolute Gasteiger partial charge is 0.493 e. The molecular weight excluding hydrogens is 673 g/mol. The first-order chi connectivity index (χ1) is 23.1. The number of benzene rings is 4. The maximum atomic E-state index is 14.6. The molecule has 0 spiro atoms. The van der Waals surface area contributed by atoms with Crippen LogP contribution in [-0.4, -0.2) is 58.5 Å². The zero-order valence-corrected chi connectivity index (χ0v) is 29.4. The van der Waals surface area contributed by atoms with Crippen molar-refractivity contribution in [1.82, 2.24) is 10.2 Å². The van der Waals surface area contributed by atoms with Crippen molar-refractivity contribution in [3.63, 3.8) is 0 Å². The molecule has 0 aromatic heterocycles. The first kappa shape index (κ1) is 36.6. The number of rotatable bonds is 16. The Morgan fingerprint density at radius 1 is 0.833 bits per heavy atom. The Hall–Kier alpha value is -4.25. The lowest BCUT2D eigenvalue weighted by molar-refractivity contribution is -0.140. The number of para-hydroxylation sites is 1. The zero-order valence-electron chi connectivity index (χ0n) is 27.1. The fraction of sp³-hybridized carbons (Fsp3) is 0.278. The van der Waals surface area contributed by atoms with Crippen molar-refractivity contribution in [2.45, 2.75) is 43.7 Å². The van der Waals surface area contributed by atoms with Gasteiger partial charge in [-0.05, 0) is 48.4 Å². The van der Waals surface area contributed by atoms with Gasteiger partial charge in [-0.2, -0.15) is 0 Å². The van der Waals surface area contributed by atoms with E-state index in [1.165, 1.54) is 37.3 Å². The third kappa shape index (κ3) is 9.00. The SMILES string of the molecule is CCCCNC(=O)C(Cc1ccccc1)N(Cc1c(Cl)cccc1Cl)C(=O)CN(c1ccccc1)S(=O)(=O)c1ccc(OC)c(OC)c1. The van der Waals surface area contributed by atoms with Crippen LogP contribution in [0, 0.1) is 0 Å². The van der Waals surface area contributed by atoms with Gasteiger partial charge >= 0.3 is 0 Å². The van der Waals surface area contributed by atoms with Crippen molar-refractivity contribution in [2.75, 3.05) is 31.6 Å². The second-order valence-electron chi connectivity index (χ2n) is 10.9. The molecule has 0 bridgehead atoms. The van der Waals surface area contributed by atoms with Crippen LogP contribution >= 0.6 is 23.2 Å². The third-order valence-electron chi connectivity index (χ3n) is 7.76. The van der Waals surface area contributed by atoms with E-state index in [2.05, 4.69) is 5.32 Å². The molecule has 254 valence electrons. The van der Waals surface area contributed by atoms with Gasteiger partial charge in [-0.1, -0.05) is 91.1 Å². The van der Waals surface area contributed by atoms with Gasteiger partial charge in [-0.25, -0.2) is 8.42 Å². The first-order valence-electron chi connectivity index (χ1n) is 15.4. The summed E-state index contributed by atoms with van der Waals surface area (Å²) < 4.78 is 40.4. The molecule has 0 fully saturated rings. The van der Waals surface area contributed by atoms with Crippen molar-refractivity contribution < 1.29 is 27.5 Å². The molecule has 4 aromatic carbocycles. The number of hydrogen-bond acceptors (Lipinski definition) is 6. The molecule has 2 amide bonds. The number of anilines is 1. The number of sulfonamides is 1. The van der Waals surface area contributed by atoms with E-state index in [-0.39, 0.29) is 35.2 Å². The van der Waals surface area contributed by atoms with Gasteiger partial charge in [0.2, 0.25) is 11.8 Å². The average Bonchev–Trinajstić information content (AvgIpc) is 3.10. The van der Waals surface area contributed by atoms with Crippen molar-refractivity contribution >= 4 is 50.7 Å². The summed E-state index contributed by atoms with van der Waals surface area (Å²) in [6.45, 7) is 1.66. The Bertz CT molecular complexity index is 1770. The molecule has 0 aliphatic carbocycles. The minimum Gasteiger partial charge on any atom is -0.493 e. The Labute approximate surface area is 292 Å². The summed E-state index contributed by atoms with van der Waals surface area (Å²) in [7, 11) is -1.50. The summed E-state index contributed by atoms with van der Waals surface area (Å²) >= 11 is 13.2. The van der Waals surface area contributed by atoms with Crippen LogP contribution in [0.2, 0.25) is 10.0 Å². The van der Waals surface area contributed by atoms with Crippen molar-refractivity contribution in [3.8, 4) is 11.5 Å². The minimum absolute atomic E-state index is 0.115. The zero-order chi connectivity index (χ0) is 34.7. The monoisotopic (exact) mass is 711 g/mol. The lowest BCUT2D eigenvalue weighted by Gasteiger charge is -2.34. The standard InChI is InChI=1S/C36H39Cl2N3O6S/c1-4-5-21-39-36(43)32(22-26-13-8-6-9-14-26)40(24-29-30(37)17-12-18-31(29)38)35(42)25-41(27-15-10-7-11-16-27)48(44,45)28-19-20-33(46-2)34(23-28)47-3/h6-20,23,32H,4-5,21-22,24-25H2,1-3H3,(H,39,43). The molecule has 9 nitrogen and oxygen atoms in total. The van der Waals surface area contributed by atoms with Gasteiger partial charge in [0, 0.05) is 41.2 Å². The maximum Gasteiger partial charge on any atom is 0.264 e. The van der Waals surface area contributed by atoms with Crippen molar-refractivity contribution in [3.05, 3.63) is 118 Å². The lowest BCUT2D eigenvalue weighted by atomic mass is 10.0. The average molecular weight is 713 g/mol. The van der Waals surface area contributed by atoms with Crippen LogP contribution in [0.3, 0.4) is 0 Å². The number of ether oxygens (including phenoxy) is 2. The second-order valence-corrected chi connectivity index (χ2v) is 13.6. The van der Waals surface area contributed by atoms with Crippen LogP contribution in [0.25, 0.3) is 0 Å². The highest BCUT2D eigenvalue weighted by Gasteiger charge is 2.35. The van der Waals surface area contributed by atoms with E-state index in [1.807, 2.05) is 37.3 Å². The number of methoxy groups -OCH3 is 2. The molecule has 4 aromatic rings. The molecule has 0 heterocycles. The Balaban J connectivity index is 1.83. The van der Waals surface area contributed by atoms with Crippen LogP contribution in [0.1, 0.15) is 30.9 Å². The molecule has 0 aliphatic heterocycles. The molecule has 12 heteroatoms. The van der Waals surface area contributed by atoms with Crippen molar-refractivity contribution in [2.24, 2.45) is 0 Å². The Morgan fingerprint density at radius 3 is 2.06 bits per heavy atom. The van der Waals surface area contributed by atoms with E-state index >= 15 is 0 Å². The summed E-state index contributed by atoms with van der Waals surface area (Å²) in [5.74, 6) is -0.456. The fourth-order valence-corrected chi connectivity index (χ4v) is 7.09. The summed E-state index contributed by atoms with van der Waals surface area (Å²) in [5.41, 5.74) is 1.50. The summed E-state index contributed by atoms with van der Waals surface area (Å²) in [6, 6.07) is 25.8. The Morgan fingerprint density at radius 2 is 1.46 bits per heavy atom. The quantitative estimate of drug-likeness (QED) is 0.129. The highest BCUT2D eigenvalue weighted by molar-refractivity contribution is 7.92. The summed E-state index contributed by atoms with van der Waals surface area (Å²) in [4.78, 5) is 29.8. The number of carbonyl (C=O) groups is 2. The molecule has 1 unspecified atom stereocenters. The van der Waals surface area contributed by atoms with Gasteiger partial charge in [-0.15, -0.1) is 0 Å². The van der Waals surface area contributed by atoms with Crippen LogP contribution in [0.5, 0.6) is 11.5 Å². The number of hydrogen-bond donors (Lipinski definition) is 1. The Kier molecular flexibility index (Phi) is 13.1. The highest BCUT2D eigenvalue weighted by Crippen LogP contribution is 2.33. The van der Waals surface area contributed by atoms with Crippen molar-refractivity contribution in [1.29, 1.82) is 0 Å². The number of nitrogens with zero attached hydrogens (tertiary/aromatic N) is 2. The lowest BCUT2D eigenvalue weighted by Crippen LogP contribution is -2.53. The van der Waals surface area contributed by atoms with E-state index in [0.29, 0.717) is 27.9 Å². The van der Waals surface area contributed by atoms with Gasteiger partial charge in [0.1, 0.15) is 12.6 Å². The smallest absolute Gasteiger partial charge is 0.264 e. The molecule has 1 atom stereocenters. The number of carbonyl (C=O) groups excluding carboxylic acids is 2. The minimum atomic E-state index is -4.35. The molecule has 0 aliphatic rings. The fourth-order valence-electron chi connectivity index (χ4n) is 5.14. The predicted octanol–water partition coefficient (Wildman–Crippen LogP) is 6.76. The number of nitrogens with one attached hydrogen (secondary N) is 1. The predicted molar refractivity (Wildman–Crippen MR) is 189 cm³/mol. The van der Waals surface area contributed by atoms with Gasteiger partial charge < -0.3 is 19.7 Å². The molecule has 1 N–H and O–H groups in total. The second kappa shape index (κ2) is 17.2. The molecular formula is C36H39Cl2N3O6S. The summed E-state index contributed by atoms with van der Waals surface area (Å²) in [6.07, 6.45) is 1.78. The van der Waals surface area contributed by atoms with Gasteiger partial charge in [0.05, 0.1) is 24.8 Å². The molecule has 0 saturated carbocycles. The van der Waals surface area contributed by atoms with E-state index < -0.39 is 28.5 Å². The number of unbranched alkanes of at least 4 members (excludes halogenated alkanes) is 1. The van der Waals surface area contributed by atoms with Gasteiger partial charge in [0.15, 0.2) is 11.5 Å². The van der Waals surface area contributed by atoms with E-state index in [1.54, 1.807) is 48.5 Å². The normalized spacial score (nSPS) is 11.8. The molecule has 4 rings (SSSR count). The highest BCUT2D eigenvalue weighted by atomic mass is 35.5. The van der Waals surface area contributed by atoms with Gasteiger partial charge in [0.25, 0.3) is 10.0 Å². The van der Waals surface area contributed by atoms with Gasteiger partial charge in [-0.3, -0.25) is 13.9 Å². The topological polar surface area (TPSA) is 105 Å². The molecule has 48 heavy (non-hydrogen) atoms. The maximum absolute atomic E-state index is 14.6. The summed E-state index contributed by atoms with van der Waals surface area (Å²) in [5, 5.41) is 3.58. The molecule has 0 radical (unpaired) electrons. The van der Waals surface area contributed by atoms with Crippen LogP contribution in [-0.2, 0) is 32.6 Å². The van der Waals surface area contributed by atoms with E-state index in [9.17, 15) is 18.0 Å². The van der Waals surface area contributed by atoms with Crippen LogP contribution < -0.4 is 19.1 Å². The van der Waals surface area contributed by atoms with Crippen LogP contribution in [0.15, 0.2) is 102 Å². The van der Waals surface area contributed by atoms with E-state index in [0.717, 1.165) is 22.7 Å². The first-order valence-corrected chi connectivity index (χ1v) is 17.6.